The third-order valence-electron chi connectivity index (χ3n) is 4.84. The number of amides is 1. The second kappa shape index (κ2) is 7.13. The minimum absolute atomic E-state index is 0.150. The van der Waals surface area contributed by atoms with Crippen molar-refractivity contribution >= 4 is 51.5 Å². The standard InChI is InChI=1S/C19H16Cl2N4O4/c1-9(26)24(10-3-5-11(29-2)6-4-10)14-8-22-16-15(21)12(20)7-13-17(16)25(14)19(28)18(27)23-13/h3-7,14,22H,8H2,1-2H3,(H,23,27). The Morgan fingerprint density at radius 2 is 1.93 bits per heavy atom. The molecule has 2 heterocycles. The number of anilines is 2. The summed E-state index contributed by atoms with van der Waals surface area (Å²) in [6, 6.07) is 8.32. The SMILES string of the molecule is COc1ccc(N(C(C)=O)C2CNc3c(Cl)c(Cl)cc4[nH]c(=O)c(=O)n2c34)cc1. The smallest absolute Gasteiger partial charge is 0.318 e. The minimum Gasteiger partial charge on any atom is -0.497 e. The highest BCUT2D eigenvalue weighted by atomic mass is 35.5. The molecule has 0 spiro atoms. The summed E-state index contributed by atoms with van der Waals surface area (Å²) in [6.07, 6.45) is -0.789. The first-order valence-electron chi connectivity index (χ1n) is 8.67. The predicted octanol–water partition coefficient (Wildman–Crippen LogP) is 2.98. The van der Waals surface area contributed by atoms with Gasteiger partial charge in [0, 0.05) is 12.6 Å². The number of hydrogen-bond donors (Lipinski definition) is 2. The summed E-state index contributed by atoms with van der Waals surface area (Å²) in [6.45, 7) is 1.54. The molecule has 1 aromatic heterocycles. The van der Waals surface area contributed by atoms with E-state index in [0.717, 1.165) is 0 Å². The van der Waals surface area contributed by atoms with E-state index in [0.29, 0.717) is 28.2 Å². The van der Waals surface area contributed by atoms with Crippen molar-refractivity contribution < 1.29 is 9.53 Å². The van der Waals surface area contributed by atoms with Crippen LogP contribution in [0.25, 0.3) is 11.0 Å². The Morgan fingerprint density at radius 1 is 1.24 bits per heavy atom. The van der Waals surface area contributed by atoms with E-state index < -0.39 is 17.3 Å². The molecular formula is C19H16Cl2N4O4. The number of carbonyl (C=O) groups is 1. The Hall–Kier alpha value is -2.97. The van der Waals surface area contributed by atoms with Gasteiger partial charge in [0.2, 0.25) is 5.91 Å². The quantitative estimate of drug-likeness (QED) is 0.617. The van der Waals surface area contributed by atoms with Gasteiger partial charge in [-0.05, 0) is 30.3 Å². The van der Waals surface area contributed by atoms with Gasteiger partial charge in [0.05, 0.1) is 40.4 Å². The van der Waals surface area contributed by atoms with Crippen LogP contribution in [0.2, 0.25) is 10.0 Å². The Kier molecular flexibility index (Phi) is 4.76. The van der Waals surface area contributed by atoms with E-state index in [1.54, 1.807) is 31.4 Å². The lowest BCUT2D eigenvalue weighted by molar-refractivity contribution is -0.117. The maximum Gasteiger partial charge on any atom is 0.318 e. The summed E-state index contributed by atoms with van der Waals surface area (Å²) in [5, 5.41) is 3.61. The normalized spacial score (nSPS) is 15.1. The largest absolute Gasteiger partial charge is 0.497 e. The van der Waals surface area contributed by atoms with Gasteiger partial charge in [0.15, 0.2) is 0 Å². The first kappa shape index (κ1) is 19.4. The average molecular weight is 435 g/mol. The van der Waals surface area contributed by atoms with E-state index in [1.807, 2.05) is 0 Å². The number of aromatic amines is 1. The molecule has 8 nitrogen and oxygen atoms in total. The molecule has 150 valence electrons. The number of nitrogens with one attached hydrogen (secondary N) is 2. The summed E-state index contributed by atoms with van der Waals surface area (Å²) >= 11 is 12.5. The molecule has 1 amide bonds. The lowest BCUT2D eigenvalue weighted by atomic mass is 10.1. The van der Waals surface area contributed by atoms with Gasteiger partial charge in [-0.25, -0.2) is 0 Å². The summed E-state index contributed by atoms with van der Waals surface area (Å²) < 4.78 is 6.45. The number of hydrogen-bond acceptors (Lipinski definition) is 5. The summed E-state index contributed by atoms with van der Waals surface area (Å²) in [4.78, 5) is 41.7. The number of methoxy groups -OCH3 is 1. The summed E-state index contributed by atoms with van der Waals surface area (Å²) in [7, 11) is 1.54. The molecule has 0 saturated carbocycles. The Bertz CT molecular complexity index is 1250. The molecule has 1 atom stereocenters. The van der Waals surface area contributed by atoms with E-state index in [1.165, 1.54) is 22.5 Å². The van der Waals surface area contributed by atoms with Crippen LogP contribution in [0.15, 0.2) is 39.9 Å². The second-order valence-corrected chi connectivity index (χ2v) is 7.31. The highest BCUT2D eigenvalue weighted by Crippen LogP contribution is 2.40. The lowest BCUT2D eigenvalue weighted by Gasteiger charge is -2.37. The van der Waals surface area contributed by atoms with Crippen LogP contribution in [-0.2, 0) is 4.79 Å². The van der Waals surface area contributed by atoms with Crippen molar-refractivity contribution in [2.45, 2.75) is 13.1 Å². The summed E-state index contributed by atoms with van der Waals surface area (Å²) in [5.74, 6) is 0.326. The molecule has 0 fully saturated rings. The molecular weight excluding hydrogens is 419 g/mol. The molecule has 3 aromatic rings. The first-order chi connectivity index (χ1) is 13.8. The zero-order valence-electron chi connectivity index (χ0n) is 15.5. The van der Waals surface area contributed by atoms with Crippen LogP contribution in [0.3, 0.4) is 0 Å². The average Bonchev–Trinajstić information content (AvgIpc) is 2.70. The molecule has 0 bridgehead atoms. The van der Waals surface area contributed by atoms with Crippen LogP contribution in [0.4, 0.5) is 11.4 Å². The van der Waals surface area contributed by atoms with Gasteiger partial charge < -0.3 is 15.0 Å². The number of nitrogens with zero attached hydrogens (tertiary/aromatic N) is 2. The predicted molar refractivity (Wildman–Crippen MR) is 113 cm³/mol. The number of aromatic nitrogens is 2. The lowest BCUT2D eigenvalue weighted by Crippen LogP contribution is -2.50. The molecule has 0 radical (unpaired) electrons. The molecule has 0 saturated heterocycles. The molecule has 10 heteroatoms. The van der Waals surface area contributed by atoms with E-state index >= 15 is 0 Å². The van der Waals surface area contributed by atoms with Crippen molar-refractivity contribution in [1.29, 1.82) is 0 Å². The molecule has 2 aromatic carbocycles. The third-order valence-corrected chi connectivity index (χ3v) is 5.63. The monoisotopic (exact) mass is 434 g/mol. The van der Waals surface area contributed by atoms with E-state index in [4.69, 9.17) is 27.9 Å². The van der Waals surface area contributed by atoms with Crippen molar-refractivity contribution in [2.75, 3.05) is 23.9 Å². The zero-order chi connectivity index (χ0) is 20.9. The number of benzene rings is 2. The molecule has 1 aliphatic heterocycles. The van der Waals surface area contributed by atoms with E-state index in [2.05, 4.69) is 10.3 Å². The molecule has 1 aliphatic rings. The van der Waals surface area contributed by atoms with Crippen LogP contribution in [0.5, 0.6) is 5.75 Å². The van der Waals surface area contributed by atoms with Gasteiger partial charge in [0.1, 0.15) is 11.9 Å². The maximum absolute atomic E-state index is 12.8. The van der Waals surface area contributed by atoms with Gasteiger partial charge in [0.25, 0.3) is 0 Å². The van der Waals surface area contributed by atoms with Crippen LogP contribution < -0.4 is 26.1 Å². The van der Waals surface area contributed by atoms with Crippen LogP contribution >= 0.6 is 23.2 Å². The highest BCUT2D eigenvalue weighted by molar-refractivity contribution is 6.45. The van der Waals surface area contributed by atoms with E-state index in [-0.39, 0.29) is 22.5 Å². The number of carbonyl (C=O) groups excluding carboxylic acids is 1. The maximum atomic E-state index is 12.8. The van der Waals surface area contributed by atoms with E-state index in [9.17, 15) is 14.4 Å². The third kappa shape index (κ3) is 3.04. The topological polar surface area (TPSA) is 96.4 Å². The highest BCUT2D eigenvalue weighted by Gasteiger charge is 2.32. The number of rotatable bonds is 3. The van der Waals surface area contributed by atoms with Crippen LogP contribution in [0, 0.1) is 0 Å². The van der Waals surface area contributed by atoms with Crippen LogP contribution in [-0.4, -0.2) is 29.1 Å². The first-order valence-corrected chi connectivity index (χ1v) is 9.43. The van der Waals surface area contributed by atoms with Gasteiger partial charge in [-0.15, -0.1) is 0 Å². The zero-order valence-corrected chi connectivity index (χ0v) is 17.0. The van der Waals surface area contributed by atoms with Crippen LogP contribution in [0.1, 0.15) is 13.1 Å². The van der Waals surface area contributed by atoms with Gasteiger partial charge in [-0.1, -0.05) is 23.2 Å². The Morgan fingerprint density at radius 3 is 2.55 bits per heavy atom. The summed E-state index contributed by atoms with van der Waals surface area (Å²) in [5.41, 5.74) is 0.0933. The van der Waals surface area contributed by atoms with Gasteiger partial charge in [-0.2, -0.15) is 0 Å². The fourth-order valence-electron chi connectivity index (χ4n) is 3.59. The molecule has 4 rings (SSSR count). The second-order valence-electron chi connectivity index (χ2n) is 6.52. The van der Waals surface area contributed by atoms with Gasteiger partial charge in [-0.3, -0.25) is 23.9 Å². The van der Waals surface area contributed by atoms with Crippen molar-refractivity contribution in [3.8, 4) is 5.75 Å². The van der Waals surface area contributed by atoms with Crippen molar-refractivity contribution in [3.05, 3.63) is 61.1 Å². The fourth-order valence-corrected chi connectivity index (χ4v) is 4.01. The number of H-pyrrole nitrogens is 1. The molecule has 1 unspecified atom stereocenters. The van der Waals surface area contributed by atoms with Gasteiger partial charge >= 0.3 is 11.1 Å². The Balaban J connectivity index is 1.99. The number of halogens is 2. The molecule has 29 heavy (non-hydrogen) atoms. The Labute approximate surface area is 174 Å². The van der Waals surface area contributed by atoms with Crippen molar-refractivity contribution in [2.24, 2.45) is 0 Å². The molecule has 0 aliphatic carbocycles. The fraction of sp³-hybridized carbons (Fsp3) is 0.211. The molecule has 2 N–H and O–H groups in total. The minimum atomic E-state index is -0.813. The van der Waals surface area contributed by atoms with Crippen molar-refractivity contribution in [1.82, 2.24) is 9.55 Å². The van der Waals surface area contributed by atoms with Crippen molar-refractivity contribution in [3.63, 3.8) is 0 Å². The number of ether oxygens (including phenoxy) is 1.